The van der Waals surface area contributed by atoms with Crippen molar-refractivity contribution in [3.8, 4) is 0 Å². The number of para-hydroxylation sites is 1. The van der Waals surface area contributed by atoms with Crippen LogP contribution < -0.4 is 4.90 Å². The van der Waals surface area contributed by atoms with Crippen LogP contribution >= 0.6 is 0 Å². The summed E-state index contributed by atoms with van der Waals surface area (Å²) in [5.41, 5.74) is 1.28. The maximum Gasteiger partial charge on any atom is 0.0365 e. The molecule has 1 aromatic rings. The normalized spacial score (nSPS) is 9.08. The van der Waals surface area contributed by atoms with Crippen LogP contribution in [-0.4, -0.2) is 13.1 Å². The molecule has 0 heterocycles. The minimum Gasteiger partial charge on any atom is -0.372 e. The van der Waals surface area contributed by atoms with E-state index in [-0.39, 0.29) is 0 Å². The molecule has 13 heavy (non-hydrogen) atoms. The minimum absolute atomic E-state index is 0.567. The van der Waals surface area contributed by atoms with Gasteiger partial charge in [-0.1, -0.05) is 32.0 Å². The van der Waals surface area contributed by atoms with Crippen LogP contribution in [0.2, 0.25) is 0 Å². The van der Waals surface area contributed by atoms with Gasteiger partial charge in [0.1, 0.15) is 0 Å². The van der Waals surface area contributed by atoms with Crippen LogP contribution in [0, 0.1) is 0 Å². The van der Waals surface area contributed by atoms with E-state index in [4.69, 9.17) is 0 Å². The summed E-state index contributed by atoms with van der Waals surface area (Å²) in [6.07, 6.45) is 0. The molecule has 0 aliphatic rings. The first-order chi connectivity index (χ1) is 6.22. The first kappa shape index (κ1) is 12.0. The Morgan fingerprint density at radius 2 is 1.46 bits per heavy atom. The second-order valence-corrected chi connectivity index (χ2v) is 3.04. The highest BCUT2D eigenvalue weighted by Gasteiger charge is 2.01. The maximum absolute atomic E-state index is 2.25. The van der Waals surface area contributed by atoms with Gasteiger partial charge in [-0.2, -0.15) is 0 Å². The van der Waals surface area contributed by atoms with Crippen molar-refractivity contribution in [2.75, 3.05) is 11.9 Å². The summed E-state index contributed by atoms with van der Waals surface area (Å²) in [7, 11) is 2.11. The molecule has 0 saturated heterocycles. The molecule has 0 atom stereocenters. The molecule has 74 valence electrons. The van der Waals surface area contributed by atoms with E-state index >= 15 is 0 Å². The number of hydrogen-bond donors (Lipinski definition) is 0. The molecule has 1 heteroatoms. The summed E-state index contributed by atoms with van der Waals surface area (Å²) in [6.45, 7) is 8.38. The molecule has 0 spiro atoms. The lowest BCUT2D eigenvalue weighted by molar-refractivity contribution is 0.755. The van der Waals surface area contributed by atoms with Gasteiger partial charge in [0.05, 0.1) is 0 Å². The van der Waals surface area contributed by atoms with Gasteiger partial charge in [0, 0.05) is 18.8 Å². The van der Waals surface area contributed by atoms with Gasteiger partial charge in [-0.25, -0.2) is 0 Å². The Kier molecular flexibility index (Phi) is 6.03. The molecule has 1 nitrogen and oxygen atoms in total. The molecule has 1 rings (SSSR count). The van der Waals surface area contributed by atoms with Crippen molar-refractivity contribution in [1.29, 1.82) is 0 Å². The highest BCUT2D eigenvalue weighted by molar-refractivity contribution is 5.45. The number of rotatable bonds is 2. The fourth-order valence-electron chi connectivity index (χ4n) is 0.961. The van der Waals surface area contributed by atoms with Crippen LogP contribution in [0.15, 0.2) is 30.3 Å². The molecule has 0 unspecified atom stereocenters. The molecule has 1 aromatic carbocycles. The van der Waals surface area contributed by atoms with E-state index in [1.807, 2.05) is 19.9 Å². The van der Waals surface area contributed by atoms with Gasteiger partial charge in [-0.15, -0.1) is 0 Å². The van der Waals surface area contributed by atoms with E-state index in [0.717, 1.165) is 0 Å². The predicted octanol–water partition coefficient (Wildman–Crippen LogP) is 3.56. The fourth-order valence-corrected chi connectivity index (χ4v) is 0.961. The summed E-state index contributed by atoms with van der Waals surface area (Å²) in [5, 5.41) is 0. The third-order valence-electron chi connectivity index (χ3n) is 1.94. The topological polar surface area (TPSA) is 3.24 Å². The van der Waals surface area contributed by atoms with Crippen molar-refractivity contribution in [3.63, 3.8) is 0 Å². The zero-order chi connectivity index (χ0) is 10.3. The summed E-state index contributed by atoms with van der Waals surface area (Å²) in [5.74, 6) is 0. The van der Waals surface area contributed by atoms with Gasteiger partial charge in [0.15, 0.2) is 0 Å². The Balaban J connectivity index is 0.000000671. The highest BCUT2D eigenvalue weighted by atomic mass is 15.1. The van der Waals surface area contributed by atoms with Crippen LogP contribution in [0.3, 0.4) is 0 Å². The minimum atomic E-state index is 0.567. The molecule has 0 fully saturated rings. The summed E-state index contributed by atoms with van der Waals surface area (Å²) in [4.78, 5) is 2.25. The van der Waals surface area contributed by atoms with E-state index in [2.05, 4.69) is 50.1 Å². The smallest absolute Gasteiger partial charge is 0.0365 e. The first-order valence-electron chi connectivity index (χ1n) is 4.99. The van der Waals surface area contributed by atoms with E-state index < -0.39 is 0 Å². The SMILES string of the molecule is CC.CC(C)N(C)c1ccccc1. The van der Waals surface area contributed by atoms with Crippen LogP contribution in [0.1, 0.15) is 27.7 Å². The van der Waals surface area contributed by atoms with E-state index in [0.29, 0.717) is 6.04 Å². The Morgan fingerprint density at radius 1 is 1.00 bits per heavy atom. The lowest BCUT2D eigenvalue weighted by atomic mass is 10.2. The van der Waals surface area contributed by atoms with Crippen LogP contribution in [0.25, 0.3) is 0 Å². The van der Waals surface area contributed by atoms with E-state index in [1.54, 1.807) is 0 Å². The molecule has 0 radical (unpaired) electrons. The molecule has 0 aliphatic carbocycles. The fraction of sp³-hybridized carbons (Fsp3) is 0.500. The summed E-state index contributed by atoms with van der Waals surface area (Å²) < 4.78 is 0. The van der Waals surface area contributed by atoms with E-state index in [1.165, 1.54) is 5.69 Å². The first-order valence-corrected chi connectivity index (χ1v) is 4.99. The Hall–Kier alpha value is -0.980. The predicted molar refractivity (Wildman–Crippen MR) is 61.3 cm³/mol. The summed E-state index contributed by atoms with van der Waals surface area (Å²) >= 11 is 0. The number of hydrogen-bond acceptors (Lipinski definition) is 1. The van der Waals surface area contributed by atoms with Crippen LogP contribution in [0.4, 0.5) is 5.69 Å². The highest BCUT2D eigenvalue weighted by Crippen LogP contribution is 2.12. The van der Waals surface area contributed by atoms with Crippen molar-refractivity contribution in [2.24, 2.45) is 0 Å². The van der Waals surface area contributed by atoms with Crippen molar-refractivity contribution in [3.05, 3.63) is 30.3 Å². The molecule has 0 bridgehead atoms. The molecule has 0 aromatic heterocycles. The third kappa shape index (κ3) is 3.97. The average molecular weight is 179 g/mol. The Bertz CT molecular complexity index is 204. The second-order valence-electron chi connectivity index (χ2n) is 3.04. The van der Waals surface area contributed by atoms with Gasteiger partial charge in [0.25, 0.3) is 0 Å². The Labute approximate surface area is 82.4 Å². The zero-order valence-corrected chi connectivity index (χ0v) is 9.41. The van der Waals surface area contributed by atoms with Crippen molar-refractivity contribution < 1.29 is 0 Å². The molecule has 0 N–H and O–H groups in total. The average Bonchev–Trinajstić information content (AvgIpc) is 2.21. The summed E-state index contributed by atoms with van der Waals surface area (Å²) in [6, 6.07) is 11.0. The van der Waals surface area contributed by atoms with Crippen LogP contribution in [-0.2, 0) is 0 Å². The molecule has 0 amide bonds. The zero-order valence-electron chi connectivity index (χ0n) is 9.41. The standard InChI is InChI=1S/C10H15N.C2H6/c1-9(2)11(3)10-7-5-4-6-8-10;1-2/h4-9H,1-3H3;1-2H3. The van der Waals surface area contributed by atoms with Crippen molar-refractivity contribution in [1.82, 2.24) is 0 Å². The van der Waals surface area contributed by atoms with Crippen molar-refractivity contribution >= 4 is 5.69 Å². The third-order valence-corrected chi connectivity index (χ3v) is 1.94. The number of benzene rings is 1. The molecule has 0 aliphatic heterocycles. The number of nitrogens with zero attached hydrogens (tertiary/aromatic N) is 1. The van der Waals surface area contributed by atoms with Gasteiger partial charge in [0.2, 0.25) is 0 Å². The second kappa shape index (κ2) is 6.53. The lowest BCUT2D eigenvalue weighted by Gasteiger charge is -2.23. The van der Waals surface area contributed by atoms with E-state index in [9.17, 15) is 0 Å². The lowest BCUT2D eigenvalue weighted by Crippen LogP contribution is -2.25. The molecule has 0 saturated carbocycles. The van der Waals surface area contributed by atoms with Crippen LogP contribution in [0.5, 0.6) is 0 Å². The Morgan fingerprint density at radius 3 is 1.85 bits per heavy atom. The van der Waals surface area contributed by atoms with Gasteiger partial charge < -0.3 is 4.90 Å². The van der Waals surface area contributed by atoms with Gasteiger partial charge in [-0.3, -0.25) is 0 Å². The molecular formula is C12H21N. The number of anilines is 1. The van der Waals surface area contributed by atoms with Gasteiger partial charge >= 0.3 is 0 Å². The van der Waals surface area contributed by atoms with Gasteiger partial charge in [-0.05, 0) is 26.0 Å². The largest absolute Gasteiger partial charge is 0.372 e. The maximum atomic E-state index is 2.25. The molecular weight excluding hydrogens is 158 g/mol. The quantitative estimate of drug-likeness (QED) is 0.671. The van der Waals surface area contributed by atoms with Crippen molar-refractivity contribution in [2.45, 2.75) is 33.7 Å². The monoisotopic (exact) mass is 179 g/mol.